The second-order valence-electron chi connectivity index (χ2n) is 8.30. The Hall–Kier alpha value is -4.26. The van der Waals surface area contributed by atoms with Crippen molar-refractivity contribution in [1.82, 2.24) is 25.4 Å². The number of carbonyl (C=O) groups excluding carboxylic acids is 3. The third kappa shape index (κ3) is 4.65. The fraction of sp³-hybridized carbons (Fsp3) is 0.120. The van der Waals surface area contributed by atoms with Crippen molar-refractivity contribution in [1.29, 1.82) is 0 Å². The Morgan fingerprint density at radius 3 is 1.78 bits per heavy atom. The van der Waals surface area contributed by atoms with Crippen LogP contribution in [0.25, 0.3) is 20.4 Å². The molecule has 37 heavy (non-hydrogen) atoms. The second kappa shape index (κ2) is 9.65. The van der Waals surface area contributed by atoms with E-state index in [1.165, 1.54) is 40.1 Å². The summed E-state index contributed by atoms with van der Waals surface area (Å²) in [7, 11) is 0. The average molecular weight is 530 g/mol. The zero-order chi connectivity index (χ0) is 25.4. The van der Waals surface area contributed by atoms with E-state index in [0.717, 1.165) is 20.4 Å². The van der Waals surface area contributed by atoms with Crippen LogP contribution in [-0.2, 0) is 9.59 Å². The van der Waals surface area contributed by atoms with Gasteiger partial charge in [-0.15, -0.1) is 0 Å². The molecule has 6 rings (SSSR count). The first-order chi connectivity index (χ1) is 18.0. The van der Waals surface area contributed by atoms with Crippen LogP contribution in [0.15, 0.2) is 73.1 Å². The van der Waals surface area contributed by atoms with Crippen LogP contribution in [-0.4, -0.2) is 49.8 Å². The van der Waals surface area contributed by atoms with Crippen LogP contribution in [0, 0.1) is 0 Å². The van der Waals surface area contributed by atoms with E-state index in [9.17, 15) is 14.4 Å². The van der Waals surface area contributed by atoms with Gasteiger partial charge in [-0.05, 0) is 36.4 Å². The molecule has 1 saturated heterocycles. The van der Waals surface area contributed by atoms with Crippen molar-refractivity contribution in [3.05, 3.63) is 78.6 Å². The van der Waals surface area contributed by atoms with Crippen LogP contribution >= 0.6 is 22.7 Å². The number of hydrogen-bond acceptors (Lipinski definition) is 9. The van der Waals surface area contributed by atoms with Gasteiger partial charge in [0.1, 0.15) is 12.1 Å². The van der Waals surface area contributed by atoms with Crippen molar-refractivity contribution >= 4 is 71.1 Å². The van der Waals surface area contributed by atoms with Gasteiger partial charge < -0.3 is 10.6 Å². The Morgan fingerprint density at radius 2 is 1.27 bits per heavy atom. The largest absolute Gasteiger partial charge is 0.301 e. The molecule has 2 aromatic carbocycles. The number of benzene rings is 2. The zero-order valence-corrected chi connectivity index (χ0v) is 20.8. The van der Waals surface area contributed by atoms with E-state index < -0.39 is 18.0 Å². The Balaban J connectivity index is 1.20. The lowest BCUT2D eigenvalue weighted by Gasteiger charge is -2.45. The Bertz CT molecular complexity index is 1480. The van der Waals surface area contributed by atoms with Crippen LogP contribution in [0.2, 0.25) is 0 Å². The monoisotopic (exact) mass is 529 g/mol. The maximum Gasteiger partial charge on any atom is 0.265 e. The quantitative estimate of drug-likeness (QED) is 0.306. The molecule has 2 atom stereocenters. The maximum atomic E-state index is 13.2. The molecule has 0 aliphatic carbocycles. The number of nitrogens with zero attached hydrogens (tertiary/aromatic N) is 4. The maximum absolute atomic E-state index is 13.2. The normalized spacial score (nSPS) is 17.3. The van der Waals surface area contributed by atoms with Gasteiger partial charge in [-0.3, -0.25) is 24.8 Å². The molecule has 3 aromatic heterocycles. The van der Waals surface area contributed by atoms with E-state index in [1.54, 1.807) is 12.1 Å². The fourth-order valence-electron chi connectivity index (χ4n) is 4.05. The summed E-state index contributed by atoms with van der Waals surface area (Å²) in [5.74, 6) is -1.17. The van der Waals surface area contributed by atoms with Crippen LogP contribution < -0.4 is 16.1 Å². The van der Waals surface area contributed by atoms with Gasteiger partial charge in [0.2, 0.25) is 11.8 Å². The van der Waals surface area contributed by atoms with Crippen molar-refractivity contribution in [3.63, 3.8) is 0 Å². The number of para-hydroxylation sites is 2. The van der Waals surface area contributed by atoms with E-state index in [-0.39, 0.29) is 18.2 Å². The standard InChI is InChI=1S/C25H19N7O3S2/c33-21(14-9-11-26-12-10-14)31-32-17(22(34)29-24-27-15-5-1-3-7-19(15)36-24)13-18(32)23(35)30-25-28-16-6-2-4-8-20(16)37-25/h1-12,17-18H,13H2,(H,31,33)(H,27,29,34)(H,28,30,35)/t17-,18-/m1/s1. The topological polar surface area (TPSA) is 129 Å². The van der Waals surface area contributed by atoms with Gasteiger partial charge in [0.25, 0.3) is 5.91 Å². The van der Waals surface area contributed by atoms with E-state index >= 15 is 0 Å². The molecule has 12 heteroatoms. The number of anilines is 2. The summed E-state index contributed by atoms with van der Waals surface area (Å²) in [6.07, 6.45) is 3.21. The molecule has 1 aliphatic rings. The van der Waals surface area contributed by atoms with Gasteiger partial charge in [-0.2, -0.15) is 5.01 Å². The summed E-state index contributed by atoms with van der Waals surface area (Å²) >= 11 is 2.72. The molecule has 0 saturated carbocycles. The fourth-order valence-corrected chi connectivity index (χ4v) is 5.79. The van der Waals surface area contributed by atoms with E-state index in [1.807, 2.05) is 48.5 Å². The molecular formula is C25H19N7O3S2. The van der Waals surface area contributed by atoms with Gasteiger partial charge in [0, 0.05) is 24.4 Å². The number of aromatic nitrogens is 3. The number of amides is 3. The highest BCUT2D eigenvalue weighted by atomic mass is 32.1. The lowest BCUT2D eigenvalue weighted by Crippen LogP contribution is -2.70. The Kier molecular flexibility index (Phi) is 6.04. The Labute approximate surface area is 218 Å². The van der Waals surface area contributed by atoms with Gasteiger partial charge in [0.05, 0.1) is 20.4 Å². The molecule has 4 heterocycles. The number of hydrazine groups is 1. The van der Waals surface area contributed by atoms with Crippen molar-refractivity contribution in [2.24, 2.45) is 0 Å². The lowest BCUT2D eigenvalue weighted by molar-refractivity contribution is -0.141. The van der Waals surface area contributed by atoms with Crippen LogP contribution in [0.5, 0.6) is 0 Å². The van der Waals surface area contributed by atoms with Gasteiger partial charge in [-0.1, -0.05) is 46.9 Å². The number of thiazole rings is 2. The summed E-state index contributed by atoms with van der Waals surface area (Å²) in [5, 5.41) is 7.94. The van der Waals surface area contributed by atoms with Crippen molar-refractivity contribution < 1.29 is 14.4 Å². The predicted molar refractivity (Wildman–Crippen MR) is 142 cm³/mol. The number of hydrogen-bond donors (Lipinski definition) is 3. The number of pyridine rings is 1. The number of fused-ring (bicyclic) bond motifs is 2. The highest BCUT2D eigenvalue weighted by molar-refractivity contribution is 7.22. The molecular weight excluding hydrogens is 510 g/mol. The van der Waals surface area contributed by atoms with Gasteiger partial charge in [-0.25, -0.2) is 9.97 Å². The molecule has 0 radical (unpaired) electrons. The molecule has 0 unspecified atom stereocenters. The smallest absolute Gasteiger partial charge is 0.265 e. The third-order valence-corrected chi connectivity index (χ3v) is 7.85. The van der Waals surface area contributed by atoms with Crippen molar-refractivity contribution in [2.45, 2.75) is 18.5 Å². The minimum atomic E-state index is -0.760. The average Bonchev–Trinajstić information content (AvgIpc) is 3.49. The molecule has 0 bridgehead atoms. The highest BCUT2D eigenvalue weighted by Gasteiger charge is 2.48. The third-order valence-electron chi connectivity index (χ3n) is 5.94. The molecule has 3 N–H and O–H groups in total. The van der Waals surface area contributed by atoms with Crippen LogP contribution in [0.4, 0.5) is 10.3 Å². The van der Waals surface area contributed by atoms with Crippen LogP contribution in [0.3, 0.4) is 0 Å². The minimum Gasteiger partial charge on any atom is -0.301 e. The highest BCUT2D eigenvalue weighted by Crippen LogP contribution is 2.31. The minimum absolute atomic E-state index is 0.212. The second-order valence-corrected chi connectivity index (χ2v) is 10.4. The first kappa shape index (κ1) is 23.2. The number of nitrogens with one attached hydrogen (secondary N) is 3. The molecule has 184 valence electrons. The summed E-state index contributed by atoms with van der Waals surface area (Å²) < 4.78 is 1.89. The molecule has 5 aromatic rings. The van der Waals surface area contributed by atoms with E-state index in [0.29, 0.717) is 15.8 Å². The molecule has 0 spiro atoms. The summed E-state index contributed by atoms with van der Waals surface area (Å²) in [4.78, 5) is 52.0. The SMILES string of the molecule is O=C(NN1[C@@H](C(=O)Nc2nc3ccccc3s2)C[C@@H]1C(=O)Nc1nc2ccccc2s1)c1ccncc1. The van der Waals surface area contributed by atoms with Crippen LogP contribution in [0.1, 0.15) is 16.8 Å². The van der Waals surface area contributed by atoms with Crippen molar-refractivity contribution in [3.8, 4) is 0 Å². The van der Waals surface area contributed by atoms with Gasteiger partial charge >= 0.3 is 0 Å². The Morgan fingerprint density at radius 1 is 0.757 bits per heavy atom. The molecule has 3 amide bonds. The summed E-state index contributed by atoms with van der Waals surface area (Å²) in [6.45, 7) is 0. The zero-order valence-electron chi connectivity index (χ0n) is 19.1. The molecule has 10 nitrogen and oxygen atoms in total. The van der Waals surface area contributed by atoms with Crippen molar-refractivity contribution in [2.75, 3.05) is 10.6 Å². The summed E-state index contributed by atoms with van der Waals surface area (Å²) in [5.41, 5.74) is 4.66. The summed E-state index contributed by atoms with van der Waals surface area (Å²) in [6, 6.07) is 16.8. The van der Waals surface area contributed by atoms with Gasteiger partial charge in [0.15, 0.2) is 10.3 Å². The predicted octanol–water partition coefficient (Wildman–Crippen LogP) is 3.67. The first-order valence-electron chi connectivity index (χ1n) is 11.4. The van der Waals surface area contributed by atoms with E-state index in [2.05, 4.69) is 31.0 Å². The molecule has 1 fully saturated rings. The number of rotatable bonds is 6. The lowest BCUT2D eigenvalue weighted by atomic mass is 9.93. The number of carbonyl (C=O) groups is 3. The molecule has 1 aliphatic heterocycles. The first-order valence-corrected chi connectivity index (χ1v) is 13.0. The van der Waals surface area contributed by atoms with E-state index in [4.69, 9.17) is 0 Å².